The van der Waals surface area contributed by atoms with Crippen molar-refractivity contribution in [1.29, 1.82) is 0 Å². The fraction of sp³-hybridized carbons (Fsp3) is 0.300. The summed E-state index contributed by atoms with van der Waals surface area (Å²) in [4.78, 5) is 0.157. The van der Waals surface area contributed by atoms with Gasteiger partial charge in [-0.1, -0.05) is 73.5 Å². The third kappa shape index (κ3) is 5.10. The molecule has 0 aromatic heterocycles. The number of aliphatic hydroxyl groups excluding tert-OH is 1. The van der Waals surface area contributed by atoms with Crippen LogP contribution in [0.15, 0.2) is 70.7 Å². The molecule has 26 heavy (non-hydrogen) atoms. The molecule has 4 nitrogen and oxygen atoms in total. The zero-order valence-corrected chi connectivity index (χ0v) is 16.7. The van der Waals surface area contributed by atoms with Gasteiger partial charge in [-0.25, -0.2) is 8.42 Å². The Morgan fingerprint density at radius 3 is 2.23 bits per heavy atom. The summed E-state index contributed by atoms with van der Waals surface area (Å²) in [5.74, 6) is -0.0793. The number of aryl methyl sites for hydroxylation is 1. The Bertz CT molecular complexity index is 846. The average molecular weight is 394 g/mol. The number of nitrogens with zero attached hydrogens (tertiary/aromatic N) is 1. The molecule has 0 aliphatic carbocycles. The van der Waals surface area contributed by atoms with Crippen LogP contribution in [-0.4, -0.2) is 23.9 Å². The third-order valence-electron chi connectivity index (χ3n) is 4.01. The molecule has 0 saturated heterocycles. The molecule has 1 atom stereocenters. The summed E-state index contributed by atoms with van der Waals surface area (Å²) in [5.41, 5.74) is 1.77. The molecular formula is C20H24ClNO3S. The Labute approximate surface area is 160 Å². The summed E-state index contributed by atoms with van der Waals surface area (Å²) < 4.78 is 27.4. The second kappa shape index (κ2) is 8.71. The van der Waals surface area contributed by atoms with Crippen LogP contribution in [0.25, 0.3) is 0 Å². The molecule has 0 spiro atoms. The summed E-state index contributed by atoms with van der Waals surface area (Å²) in [6.45, 7) is 5.64. The van der Waals surface area contributed by atoms with E-state index in [4.69, 9.17) is 11.6 Å². The standard InChI is InChI=1S/C20H24ClNO3S/c1-15(2)19(23)13-20(21)22(14-17-7-5-4-6-8-17)26(24,25)18-11-9-16(3)10-12-18/h4-13,15,19,23H,14H2,1-3H3/b20-13+. The van der Waals surface area contributed by atoms with Crippen LogP contribution in [0.5, 0.6) is 0 Å². The number of rotatable bonds is 7. The van der Waals surface area contributed by atoms with Crippen molar-refractivity contribution in [2.45, 2.75) is 38.3 Å². The predicted molar refractivity (Wildman–Crippen MR) is 105 cm³/mol. The Morgan fingerprint density at radius 1 is 1.12 bits per heavy atom. The van der Waals surface area contributed by atoms with E-state index in [0.29, 0.717) is 0 Å². The summed E-state index contributed by atoms with van der Waals surface area (Å²) in [6, 6.07) is 15.8. The minimum atomic E-state index is -3.86. The van der Waals surface area contributed by atoms with Crippen molar-refractivity contribution in [2.24, 2.45) is 5.92 Å². The van der Waals surface area contributed by atoms with Gasteiger partial charge >= 0.3 is 0 Å². The van der Waals surface area contributed by atoms with E-state index in [1.165, 1.54) is 6.08 Å². The maximum atomic E-state index is 13.2. The van der Waals surface area contributed by atoms with Crippen LogP contribution in [0.2, 0.25) is 0 Å². The molecule has 0 bridgehead atoms. The lowest BCUT2D eigenvalue weighted by molar-refractivity contribution is 0.170. The fourth-order valence-electron chi connectivity index (χ4n) is 2.28. The number of aliphatic hydroxyl groups is 1. The SMILES string of the molecule is Cc1ccc(S(=O)(=O)N(Cc2ccccc2)/C(Cl)=C/C(O)C(C)C)cc1. The Kier molecular flexibility index (Phi) is 6.87. The van der Waals surface area contributed by atoms with Crippen LogP contribution in [0.4, 0.5) is 0 Å². The summed E-state index contributed by atoms with van der Waals surface area (Å²) in [6.07, 6.45) is 0.537. The lowest BCUT2D eigenvalue weighted by Gasteiger charge is -2.25. The molecule has 1 unspecified atom stereocenters. The van der Waals surface area contributed by atoms with Gasteiger partial charge in [-0.15, -0.1) is 0 Å². The number of hydrogen-bond acceptors (Lipinski definition) is 3. The number of sulfonamides is 1. The number of benzene rings is 2. The van der Waals surface area contributed by atoms with Crippen LogP contribution in [0, 0.1) is 12.8 Å². The van der Waals surface area contributed by atoms with Gasteiger partial charge in [0.25, 0.3) is 10.0 Å². The van der Waals surface area contributed by atoms with E-state index < -0.39 is 16.1 Å². The van der Waals surface area contributed by atoms with E-state index in [1.54, 1.807) is 24.3 Å². The molecule has 0 fully saturated rings. The van der Waals surface area contributed by atoms with Crippen LogP contribution < -0.4 is 0 Å². The highest BCUT2D eigenvalue weighted by Crippen LogP contribution is 2.26. The fourth-order valence-corrected chi connectivity index (χ4v) is 4.08. The van der Waals surface area contributed by atoms with Gasteiger partial charge < -0.3 is 5.11 Å². The molecule has 2 rings (SSSR count). The predicted octanol–water partition coefficient (Wildman–Crippen LogP) is 4.28. The maximum Gasteiger partial charge on any atom is 0.265 e. The quantitative estimate of drug-likeness (QED) is 0.714. The lowest BCUT2D eigenvalue weighted by Crippen LogP contribution is -2.29. The molecule has 140 valence electrons. The highest BCUT2D eigenvalue weighted by atomic mass is 35.5. The molecule has 2 aromatic carbocycles. The van der Waals surface area contributed by atoms with E-state index in [2.05, 4.69) is 0 Å². The highest BCUT2D eigenvalue weighted by molar-refractivity contribution is 7.89. The van der Waals surface area contributed by atoms with Gasteiger partial charge in [0.1, 0.15) is 5.16 Å². The molecule has 6 heteroatoms. The van der Waals surface area contributed by atoms with Crippen molar-refractivity contribution in [3.63, 3.8) is 0 Å². The molecular weight excluding hydrogens is 370 g/mol. The topological polar surface area (TPSA) is 57.6 Å². The van der Waals surface area contributed by atoms with Crippen LogP contribution in [-0.2, 0) is 16.6 Å². The van der Waals surface area contributed by atoms with Gasteiger partial charge in [-0.3, -0.25) is 4.31 Å². The van der Waals surface area contributed by atoms with E-state index in [1.807, 2.05) is 51.1 Å². The van der Waals surface area contributed by atoms with Crippen molar-refractivity contribution in [1.82, 2.24) is 4.31 Å². The minimum absolute atomic E-state index is 0.0179. The van der Waals surface area contributed by atoms with Crippen molar-refractivity contribution in [2.75, 3.05) is 0 Å². The molecule has 0 amide bonds. The first-order chi connectivity index (χ1) is 12.2. The van der Waals surface area contributed by atoms with Crippen molar-refractivity contribution >= 4 is 21.6 Å². The first kappa shape index (κ1) is 20.5. The summed E-state index contributed by atoms with van der Waals surface area (Å²) in [5, 5.41) is 10.1. The second-order valence-electron chi connectivity index (χ2n) is 6.53. The highest BCUT2D eigenvalue weighted by Gasteiger charge is 2.27. The zero-order valence-electron chi connectivity index (χ0n) is 15.1. The van der Waals surface area contributed by atoms with Gasteiger partial charge in [0, 0.05) is 0 Å². The minimum Gasteiger partial charge on any atom is -0.389 e. The Hall–Kier alpha value is -1.82. The van der Waals surface area contributed by atoms with Gasteiger partial charge in [-0.05, 0) is 36.6 Å². The van der Waals surface area contributed by atoms with Gasteiger partial charge in [0.15, 0.2) is 0 Å². The van der Waals surface area contributed by atoms with Crippen LogP contribution in [0.3, 0.4) is 0 Å². The van der Waals surface area contributed by atoms with Crippen molar-refractivity contribution < 1.29 is 13.5 Å². The molecule has 0 aliphatic rings. The Morgan fingerprint density at radius 2 is 1.69 bits per heavy atom. The maximum absolute atomic E-state index is 13.2. The normalized spacial score (nSPS) is 13.7. The van der Waals surface area contributed by atoms with E-state index in [0.717, 1.165) is 15.4 Å². The summed E-state index contributed by atoms with van der Waals surface area (Å²) >= 11 is 6.35. The van der Waals surface area contributed by atoms with E-state index >= 15 is 0 Å². The van der Waals surface area contributed by atoms with Crippen molar-refractivity contribution in [3.05, 3.63) is 77.0 Å². The molecule has 2 aromatic rings. The third-order valence-corrected chi connectivity index (χ3v) is 6.21. The smallest absolute Gasteiger partial charge is 0.265 e. The average Bonchev–Trinajstić information content (AvgIpc) is 2.60. The number of halogens is 1. The molecule has 0 saturated carbocycles. The summed E-state index contributed by atoms with van der Waals surface area (Å²) in [7, 11) is -3.86. The monoisotopic (exact) mass is 393 g/mol. The first-order valence-electron chi connectivity index (χ1n) is 8.40. The molecule has 1 N–H and O–H groups in total. The molecule has 0 heterocycles. The van der Waals surface area contributed by atoms with Crippen molar-refractivity contribution in [3.8, 4) is 0 Å². The van der Waals surface area contributed by atoms with Gasteiger partial charge in [-0.2, -0.15) is 0 Å². The molecule has 0 aliphatic heterocycles. The van der Waals surface area contributed by atoms with E-state index in [-0.39, 0.29) is 22.5 Å². The number of hydrogen-bond donors (Lipinski definition) is 1. The van der Waals surface area contributed by atoms with Gasteiger partial charge in [0.2, 0.25) is 0 Å². The largest absolute Gasteiger partial charge is 0.389 e. The Balaban J connectivity index is 2.47. The molecule has 0 radical (unpaired) electrons. The van der Waals surface area contributed by atoms with E-state index in [9.17, 15) is 13.5 Å². The first-order valence-corrected chi connectivity index (χ1v) is 10.2. The van der Waals surface area contributed by atoms with Gasteiger partial charge in [0.05, 0.1) is 17.5 Å². The van der Waals surface area contributed by atoms with Crippen LogP contribution >= 0.6 is 11.6 Å². The van der Waals surface area contributed by atoms with Crippen LogP contribution in [0.1, 0.15) is 25.0 Å². The zero-order chi connectivity index (χ0) is 19.3. The second-order valence-corrected chi connectivity index (χ2v) is 8.78. The lowest BCUT2D eigenvalue weighted by atomic mass is 10.1.